The monoisotopic (exact) mass is 630 g/mol. The summed E-state index contributed by atoms with van der Waals surface area (Å²) in [6.45, 7) is 4.66. The second kappa shape index (κ2) is 14.2. The third-order valence-corrected chi connectivity index (χ3v) is 10.1. The van der Waals surface area contributed by atoms with Crippen molar-refractivity contribution < 1.29 is 19.1 Å². The van der Waals surface area contributed by atoms with Crippen molar-refractivity contribution in [3.63, 3.8) is 0 Å². The van der Waals surface area contributed by atoms with Crippen molar-refractivity contribution in [2.24, 2.45) is 0 Å². The van der Waals surface area contributed by atoms with Crippen molar-refractivity contribution in [2.45, 2.75) is 50.1 Å². The lowest BCUT2D eigenvalue weighted by Crippen LogP contribution is -2.61. The molecule has 3 N–H and O–H groups in total. The molecule has 1 saturated carbocycles. The lowest BCUT2D eigenvalue weighted by Gasteiger charge is -2.31. The molecule has 0 unspecified atom stereocenters. The first-order chi connectivity index (χ1) is 20.3. The fourth-order valence-corrected chi connectivity index (χ4v) is 7.14. The quantitative estimate of drug-likeness (QED) is 0.264. The maximum Gasteiger partial charge on any atom is 0.262 e. The number of benzene rings is 2. The van der Waals surface area contributed by atoms with E-state index in [1.807, 2.05) is 36.4 Å². The molecule has 0 radical (unpaired) electrons. The maximum absolute atomic E-state index is 13.9. The summed E-state index contributed by atoms with van der Waals surface area (Å²) >= 11 is 13.8. The number of carbonyl (C=O) groups is 3. The maximum atomic E-state index is 13.9. The van der Waals surface area contributed by atoms with Crippen LogP contribution in [0.15, 0.2) is 48.5 Å². The van der Waals surface area contributed by atoms with Gasteiger partial charge in [-0.25, -0.2) is 0 Å². The van der Waals surface area contributed by atoms with Crippen LogP contribution in [0, 0.1) is 0 Å². The van der Waals surface area contributed by atoms with E-state index >= 15 is 0 Å². The Labute approximate surface area is 260 Å². The smallest absolute Gasteiger partial charge is 0.262 e. The first-order valence-electron chi connectivity index (χ1n) is 14.5. The van der Waals surface area contributed by atoms with E-state index in [4.69, 9.17) is 27.9 Å². The van der Waals surface area contributed by atoms with Crippen LogP contribution in [0.3, 0.4) is 0 Å². The van der Waals surface area contributed by atoms with Crippen LogP contribution in [0.4, 0.5) is 0 Å². The van der Waals surface area contributed by atoms with E-state index in [0.717, 1.165) is 67.8 Å². The van der Waals surface area contributed by atoms with Crippen LogP contribution < -0.4 is 16.0 Å². The molecule has 1 aromatic heterocycles. The zero-order chi connectivity index (χ0) is 29.5. The Balaban J connectivity index is 1.27. The highest BCUT2D eigenvalue weighted by Gasteiger charge is 2.44. The van der Waals surface area contributed by atoms with Gasteiger partial charge in [0.1, 0.15) is 11.6 Å². The summed E-state index contributed by atoms with van der Waals surface area (Å²) in [6.07, 6.45) is 3.77. The number of halogens is 2. The van der Waals surface area contributed by atoms with E-state index in [1.165, 1.54) is 11.3 Å². The second-order valence-corrected chi connectivity index (χ2v) is 12.8. The van der Waals surface area contributed by atoms with Crippen molar-refractivity contribution in [3.05, 3.63) is 69.0 Å². The molecular weight excluding hydrogens is 595 g/mol. The van der Waals surface area contributed by atoms with Crippen molar-refractivity contribution in [2.75, 3.05) is 39.4 Å². The van der Waals surface area contributed by atoms with Crippen LogP contribution in [-0.2, 0) is 20.7 Å². The van der Waals surface area contributed by atoms with Gasteiger partial charge in [0.25, 0.3) is 5.91 Å². The molecule has 1 aliphatic heterocycles. The molecule has 1 atom stereocenters. The van der Waals surface area contributed by atoms with Gasteiger partial charge in [0.2, 0.25) is 11.8 Å². The Morgan fingerprint density at radius 3 is 2.50 bits per heavy atom. The standard InChI is InChI=1S/C31H36Cl2N4O4S/c32-23-10-9-22-20-25(42-27(22)26(23)33)29(39)36-31(11-4-5-12-31)30(40)35-24(19-21-7-2-1-3-8-21)28(38)34-13-6-14-37-15-17-41-18-16-37/h1-3,7-10,20,24H,4-6,11-19H2,(H,34,38)(H,35,40)(H,36,39)/t24-/m1/s1. The number of hydrogen-bond acceptors (Lipinski definition) is 6. The second-order valence-electron chi connectivity index (χ2n) is 10.9. The third kappa shape index (κ3) is 7.44. The molecule has 2 aromatic carbocycles. The molecule has 1 aliphatic carbocycles. The van der Waals surface area contributed by atoms with Crippen LogP contribution in [0.2, 0.25) is 10.0 Å². The van der Waals surface area contributed by atoms with E-state index in [1.54, 1.807) is 12.1 Å². The zero-order valence-corrected chi connectivity index (χ0v) is 25.8. The van der Waals surface area contributed by atoms with Crippen molar-refractivity contribution in [1.82, 2.24) is 20.9 Å². The minimum absolute atomic E-state index is 0.232. The summed E-state index contributed by atoms with van der Waals surface area (Å²) in [5.74, 6) is -0.905. The number of hydrogen-bond donors (Lipinski definition) is 3. The number of thiophene rings is 1. The first-order valence-corrected chi connectivity index (χ1v) is 16.0. The van der Waals surface area contributed by atoms with Gasteiger partial charge >= 0.3 is 0 Å². The Morgan fingerprint density at radius 1 is 1.02 bits per heavy atom. The van der Waals surface area contributed by atoms with Gasteiger partial charge in [0.15, 0.2) is 0 Å². The lowest BCUT2D eigenvalue weighted by atomic mass is 9.94. The molecule has 11 heteroatoms. The molecule has 2 aliphatic rings. The van der Waals surface area contributed by atoms with Crippen LogP contribution in [0.5, 0.6) is 0 Å². The van der Waals surface area contributed by atoms with E-state index < -0.39 is 11.6 Å². The van der Waals surface area contributed by atoms with Gasteiger partial charge in [-0.05, 0) is 48.9 Å². The van der Waals surface area contributed by atoms with E-state index in [9.17, 15) is 14.4 Å². The van der Waals surface area contributed by atoms with E-state index in [0.29, 0.717) is 40.7 Å². The molecule has 0 spiro atoms. The molecule has 2 heterocycles. The summed E-state index contributed by atoms with van der Waals surface area (Å²) < 4.78 is 6.13. The van der Waals surface area contributed by atoms with Gasteiger partial charge in [0, 0.05) is 26.1 Å². The predicted octanol–water partition coefficient (Wildman–Crippen LogP) is 4.82. The Kier molecular flexibility index (Phi) is 10.4. The Bertz CT molecular complexity index is 1400. The topological polar surface area (TPSA) is 99.8 Å². The number of carbonyl (C=O) groups excluding carboxylic acids is 3. The third-order valence-electron chi connectivity index (χ3n) is 8.01. The summed E-state index contributed by atoms with van der Waals surface area (Å²) in [5.41, 5.74) is -0.156. The molecule has 8 nitrogen and oxygen atoms in total. The predicted molar refractivity (Wildman–Crippen MR) is 167 cm³/mol. The number of fused-ring (bicyclic) bond motifs is 1. The van der Waals surface area contributed by atoms with Crippen molar-refractivity contribution in [3.8, 4) is 0 Å². The average Bonchev–Trinajstić information content (AvgIpc) is 3.67. The van der Waals surface area contributed by atoms with Gasteiger partial charge in [-0.2, -0.15) is 0 Å². The van der Waals surface area contributed by atoms with Gasteiger partial charge in [0.05, 0.1) is 32.8 Å². The van der Waals surface area contributed by atoms with Crippen LogP contribution in [0.1, 0.15) is 47.3 Å². The van der Waals surface area contributed by atoms with Gasteiger partial charge in [-0.15, -0.1) is 11.3 Å². The Hall–Kier alpha value is -2.69. The molecule has 224 valence electrons. The molecule has 42 heavy (non-hydrogen) atoms. The Morgan fingerprint density at radius 2 is 1.76 bits per heavy atom. The molecule has 2 fully saturated rings. The van der Waals surface area contributed by atoms with E-state index in [-0.39, 0.29) is 17.7 Å². The molecule has 5 rings (SSSR count). The zero-order valence-electron chi connectivity index (χ0n) is 23.4. The summed E-state index contributed by atoms with van der Waals surface area (Å²) in [7, 11) is 0. The van der Waals surface area contributed by atoms with Crippen molar-refractivity contribution in [1.29, 1.82) is 0 Å². The van der Waals surface area contributed by atoms with Gasteiger partial charge in [-0.1, -0.05) is 72.4 Å². The highest BCUT2D eigenvalue weighted by Crippen LogP contribution is 2.37. The molecule has 3 aromatic rings. The minimum atomic E-state index is -1.10. The van der Waals surface area contributed by atoms with Crippen LogP contribution >= 0.6 is 34.5 Å². The summed E-state index contributed by atoms with van der Waals surface area (Å²) in [4.78, 5) is 43.5. The first kappa shape index (κ1) is 30.8. The minimum Gasteiger partial charge on any atom is -0.379 e. The van der Waals surface area contributed by atoms with Crippen molar-refractivity contribution >= 4 is 62.3 Å². The van der Waals surface area contributed by atoms with Crippen LogP contribution in [0.25, 0.3) is 10.1 Å². The molecule has 1 saturated heterocycles. The number of morpholine rings is 1. The highest BCUT2D eigenvalue weighted by molar-refractivity contribution is 7.21. The summed E-state index contributed by atoms with van der Waals surface area (Å²) in [6, 6.07) is 14.1. The summed E-state index contributed by atoms with van der Waals surface area (Å²) in [5, 5.41) is 10.7. The lowest BCUT2D eigenvalue weighted by molar-refractivity contribution is -0.132. The molecular formula is C31H36Cl2N4O4S. The van der Waals surface area contributed by atoms with Gasteiger partial charge < -0.3 is 20.7 Å². The largest absolute Gasteiger partial charge is 0.379 e. The SMILES string of the molecule is O=C(NC1(C(=O)N[C@H](Cc2ccccc2)C(=O)NCCCN2CCOCC2)CCCC1)c1cc2ccc(Cl)c(Cl)c2s1. The molecule has 0 bridgehead atoms. The number of nitrogens with one attached hydrogen (secondary N) is 3. The number of ether oxygens (including phenoxy) is 1. The van der Waals surface area contributed by atoms with Gasteiger partial charge in [-0.3, -0.25) is 19.3 Å². The fourth-order valence-electron chi connectivity index (χ4n) is 5.64. The number of nitrogens with zero attached hydrogens (tertiary/aromatic N) is 1. The molecule has 3 amide bonds. The average molecular weight is 632 g/mol. The fraction of sp³-hybridized carbons (Fsp3) is 0.452. The van der Waals surface area contributed by atoms with E-state index in [2.05, 4.69) is 20.9 Å². The normalized spacial score (nSPS) is 17.6. The highest BCUT2D eigenvalue weighted by atomic mass is 35.5. The van der Waals surface area contributed by atoms with Crippen LogP contribution in [-0.4, -0.2) is 73.6 Å². The number of amides is 3. The number of rotatable bonds is 11.